The van der Waals surface area contributed by atoms with Gasteiger partial charge in [-0.25, -0.2) is 0 Å². The zero-order valence-electron chi connectivity index (χ0n) is 9.97. The fourth-order valence-corrected chi connectivity index (χ4v) is 2.56. The smallest absolute Gasteiger partial charge is 0.128 e. The predicted octanol–water partition coefficient (Wildman–Crippen LogP) is 2.70. The molecular formula is C13H15N3S. The molecule has 1 aromatic heterocycles. The van der Waals surface area contributed by atoms with Gasteiger partial charge in [0, 0.05) is 23.2 Å². The fraction of sp³-hybridized carbons (Fsp3) is 0.231. The molecule has 0 saturated heterocycles. The molecule has 2 aromatic rings. The summed E-state index contributed by atoms with van der Waals surface area (Å²) in [4.78, 5) is 1.21. The third kappa shape index (κ3) is 2.84. The average Bonchev–Trinajstić information content (AvgIpc) is 2.34. The van der Waals surface area contributed by atoms with E-state index in [9.17, 15) is 0 Å². The van der Waals surface area contributed by atoms with Crippen molar-refractivity contribution in [1.29, 1.82) is 0 Å². The van der Waals surface area contributed by atoms with Gasteiger partial charge in [0.25, 0.3) is 0 Å². The zero-order valence-corrected chi connectivity index (χ0v) is 10.8. The average molecular weight is 245 g/mol. The molecule has 0 spiro atoms. The Balaban J connectivity index is 2.34. The highest BCUT2D eigenvalue weighted by Gasteiger charge is 2.07. The normalized spacial score (nSPS) is 10.5. The molecule has 3 nitrogen and oxygen atoms in total. The van der Waals surface area contributed by atoms with Crippen LogP contribution in [0.4, 0.5) is 0 Å². The second-order valence-electron chi connectivity index (χ2n) is 3.94. The lowest BCUT2D eigenvalue weighted by atomic mass is 10.2. The van der Waals surface area contributed by atoms with Crippen LogP contribution < -0.4 is 5.73 Å². The van der Waals surface area contributed by atoms with Gasteiger partial charge >= 0.3 is 0 Å². The van der Waals surface area contributed by atoms with Crippen LogP contribution in [0, 0.1) is 13.8 Å². The molecule has 1 aromatic carbocycles. The van der Waals surface area contributed by atoms with E-state index < -0.39 is 0 Å². The van der Waals surface area contributed by atoms with E-state index in [-0.39, 0.29) is 0 Å². The van der Waals surface area contributed by atoms with Gasteiger partial charge in [0.1, 0.15) is 5.03 Å². The standard InChI is InChI=1S/C13H15N3S/c1-9-3-4-10(2)12(7-9)17-13-11(8-14)5-6-15-16-13/h3-7H,8,14H2,1-2H3. The van der Waals surface area contributed by atoms with Gasteiger partial charge in [-0.3, -0.25) is 0 Å². The molecule has 0 aliphatic rings. The summed E-state index contributed by atoms with van der Waals surface area (Å²) in [5.41, 5.74) is 9.22. The number of nitrogens with two attached hydrogens (primary N) is 1. The SMILES string of the molecule is Cc1ccc(C)c(Sc2nnccc2CN)c1. The van der Waals surface area contributed by atoms with Gasteiger partial charge in [0.2, 0.25) is 0 Å². The van der Waals surface area contributed by atoms with Gasteiger partial charge in [-0.05, 0) is 37.1 Å². The molecule has 0 fully saturated rings. The van der Waals surface area contributed by atoms with E-state index in [0.29, 0.717) is 6.54 Å². The number of nitrogens with zero attached hydrogens (tertiary/aromatic N) is 2. The summed E-state index contributed by atoms with van der Waals surface area (Å²) in [6.45, 7) is 4.67. The minimum absolute atomic E-state index is 0.489. The first-order valence-electron chi connectivity index (χ1n) is 5.46. The molecule has 4 heteroatoms. The lowest BCUT2D eigenvalue weighted by Gasteiger charge is -2.08. The Bertz CT molecular complexity index is 526. The molecule has 0 amide bonds. The number of benzene rings is 1. The van der Waals surface area contributed by atoms with E-state index >= 15 is 0 Å². The second kappa shape index (κ2) is 5.29. The van der Waals surface area contributed by atoms with E-state index in [0.717, 1.165) is 10.6 Å². The van der Waals surface area contributed by atoms with Crippen LogP contribution in [-0.2, 0) is 6.54 Å². The van der Waals surface area contributed by atoms with Crippen molar-refractivity contribution in [2.75, 3.05) is 0 Å². The Morgan fingerprint density at radius 2 is 2.06 bits per heavy atom. The molecule has 0 aliphatic carbocycles. The van der Waals surface area contributed by atoms with Gasteiger partial charge in [0.05, 0.1) is 0 Å². The van der Waals surface area contributed by atoms with E-state index in [4.69, 9.17) is 5.73 Å². The molecule has 0 aliphatic heterocycles. The maximum atomic E-state index is 5.69. The van der Waals surface area contributed by atoms with Gasteiger partial charge in [-0.2, -0.15) is 5.10 Å². The van der Waals surface area contributed by atoms with Gasteiger partial charge in [0.15, 0.2) is 0 Å². The van der Waals surface area contributed by atoms with Crippen LogP contribution in [0.2, 0.25) is 0 Å². The molecule has 0 radical (unpaired) electrons. The van der Waals surface area contributed by atoms with Crippen molar-refractivity contribution in [2.24, 2.45) is 5.73 Å². The van der Waals surface area contributed by atoms with Crippen LogP contribution in [0.15, 0.2) is 40.4 Å². The third-order valence-corrected chi connectivity index (χ3v) is 3.73. The van der Waals surface area contributed by atoms with Crippen LogP contribution >= 0.6 is 11.8 Å². The molecule has 0 saturated carbocycles. The third-order valence-electron chi connectivity index (χ3n) is 2.54. The van der Waals surface area contributed by atoms with Crippen LogP contribution in [-0.4, -0.2) is 10.2 Å². The Labute approximate surface area is 105 Å². The van der Waals surface area contributed by atoms with Crippen molar-refractivity contribution in [3.8, 4) is 0 Å². The Kier molecular flexibility index (Phi) is 3.76. The number of aromatic nitrogens is 2. The first-order valence-corrected chi connectivity index (χ1v) is 6.28. The summed E-state index contributed by atoms with van der Waals surface area (Å²) in [5, 5.41) is 8.96. The Morgan fingerprint density at radius 3 is 2.82 bits per heavy atom. The first kappa shape index (κ1) is 12.1. The predicted molar refractivity (Wildman–Crippen MR) is 70.0 cm³/mol. The Morgan fingerprint density at radius 1 is 1.24 bits per heavy atom. The summed E-state index contributed by atoms with van der Waals surface area (Å²) in [7, 11) is 0. The molecule has 0 bridgehead atoms. The van der Waals surface area contributed by atoms with E-state index in [1.54, 1.807) is 18.0 Å². The minimum Gasteiger partial charge on any atom is -0.326 e. The van der Waals surface area contributed by atoms with E-state index in [2.05, 4.69) is 42.2 Å². The second-order valence-corrected chi connectivity index (χ2v) is 4.97. The van der Waals surface area contributed by atoms with Gasteiger partial charge < -0.3 is 5.73 Å². The topological polar surface area (TPSA) is 51.8 Å². The van der Waals surface area contributed by atoms with Crippen LogP contribution in [0.1, 0.15) is 16.7 Å². The maximum Gasteiger partial charge on any atom is 0.128 e. The van der Waals surface area contributed by atoms with Crippen molar-refractivity contribution in [3.63, 3.8) is 0 Å². The number of rotatable bonds is 3. The summed E-state index contributed by atoms with van der Waals surface area (Å²) in [6, 6.07) is 8.31. The number of hydrogen-bond donors (Lipinski definition) is 1. The van der Waals surface area contributed by atoms with Crippen molar-refractivity contribution in [1.82, 2.24) is 10.2 Å². The van der Waals surface area contributed by atoms with Crippen LogP contribution in [0.25, 0.3) is 0 Å². The van der Waals surface area contributed by atoms with Gasteiger partial charge in [-0.1, -0.05) is 23.9 Å². The van der Waals surface area contributed by atoms with Crippen molar-refractivity contribution in [3.05, 3.63) is 47.2 Å². The molecule has 2 rings (SSSR count). The molecule has 0 unspecified atom stereocenters. The molecule has 0 atom stereocenters. The molecule has 88 valence electrons. The van der Waals surface area contributed by atoms with Crippen molar-refractivity contribution in [2.45, 2.75) is 30.3 Å². The lowest BCUT2D eigenvalue weighted by Crippen LogP contribution is -2.01. The Hall–Kier alpha value is -1.39. The van der Waals surface area contributed by atoms with E-state index in [1.165, 1.54) is 16.0 Å². The molecule has 2 N–H and O–H groups in total. The highest BCUT2D eigenvalue weighted by molar-refractivity contribution is 7.99. The van der Waals surface area contributed by atoms with Crippen molar-refractivity contribution >= 4 is 11.8 Å². The number of aryl methyl sites for hydroxylation is 2. The number of hydrogen-bond acceptors (Lipinski definition) is 4. The maximum absolute atomic E-state index is 5.69. The molecular weight excluding hydrogens is 230 g/mol. The summed E-state index contributed by atoms with van der Waals surface area (Å²) in [6.07, 6.45) is 1.68. The quantitative estimate of drug-likeness (QED) is 0.903. The highest BCUT2D eigenvalue weighted by Crippen LogP contribution is 2.31. The van der Waals surface area contributed by atoms with Crippen LogP contribution in [0.5, 0.6) is 0 Å². The summed E-state index contributed by atoms with van der Waals surface area (Å²) >= 11 is 1.63. The minimum atomic E-state index is 0.489. The van der Waals surface area contributed by atoms with Gasteiger partial charge in [-0.15, -0.1) is 5.10 Å². The van der Waals surface area contributed by atoms with E-state index in [1.807, 2.05) is 6.07 Å². The first-order chi connectivity index (χ1) is 8.20. The summed E-state index contributed by atoms with van der Waals surface area (Å²) < 4.78 is 0. The summed E-state index contributed by atoms with van der Waals surface area (Å²) in [5.74, 6) is 0. The largest absolute Gasteiger partial charge is 0.326 e. The molecule has 17 heavy (non-hydrogen) atoms. The van der Waals surface area contributed by atoms with Crippen LogP contribution in [0.3, 0.4) is 0 Å². The fourth-order valence-electron chi connectivity index (χ4n) is 1.51. The highest BCUT2D eigenvalue weighted by atomic mass is 32.2. The monoisotopic (exact) mass is 245 g/mol. The molecule has 1 heterocycles. The lowest BCUT2D eigenvalue weighted by molar-refractivity contribution is 0.866. The van der Waals surface area contributed by atoms with Crippen molar-refractivity contribution < 1.29 is 0 Å². The zero-order chi connectivity index (χ0) is 12.3.